The predicted molar refractivity (Wildman–Crippen MR) is 200 cm³/mol. The van der Waals surface area contributed by atoms with Crippen LogP contribution in [-0.4, -0.2) is 28.5 Å². The maximum atomic E-state index is 6.20. The van der Waals surface area contributed by atoms with Crippen molar-refractivity contribution in [3.05, 3.63) is 158 Å². The van der Waals surface area contributed by atoms with E-state index in [4.69, 9.17) is 9.84 Å². The van der Waals surface area contributed by atoms with E-state index >= 15 is 0 Å². The number of hydrogen-bond donors (Lipinski definition) is 0. The van der Waals surface area contributed by atoms with Gasteiger partial charge in [0.05, 0.1) is 39.5 Å². The number of hydrogen-bond acceptors (Lipinski definition) is 3. The number of fused-ring (bicyclic) bond motifs is 9. The standard InChI is InChI=1S/C43H28N6O/c1-3-9-30(10-4-1)47-38-14-8-7-13-33(38)34-23-28(15-18-39(34)47)29-16-19-40-35(24-29)36-25-32(17-20-41(36)48(40)31-11-5-2-6-12-31)49-43-37(26-45-49)42-44-21-22-46(42)27-50-43/h1-26H,27H2. The molecule has 0 saturated carbocycles. The van der Waals surface area contributed by atoms with Gasteiger partial charge in [0.15, 0.2) is 6.73 Å². The van der Waals surface area contributed by atoms with Gasteiger partial charge in [-0.15, -0.1) is 0 Å². The van der Waals surface area contributed by atoms with E-state index in [-0.39, 0.29) is 0 Å². The fraction of sp³-hybridized carbons (Fsp3) is 0.0233. The van der Waals surface area contributed by atoms with Crippen LogP contribution in [0, 0.1) is 0 Å². The molecule has 1 aliphatic rings. The van der Waals surface area contributed by atoms with Crippen molar-refractivity contribution in [3.8, 4) is 45.5 Å². The van der Waals surface area contributed by atoms with Gasteiger partial charge in [-0.3, -0.25) is 4.57 Å². The van der Waals surface area contributed by atoms with E-state index < -0.39 is 0 Å². The summed E-state index contributed by atoms with van der Waals surface area (Å²) >= 11 is 0. The molecule has 7 nitrogen and oxygen atoms in total. The lowest BCUT2D eigenvalue weighted by atomic mass is 10.0. The third kappa shape index (κ3) is 3.85. The molecule has 50 heavy (non-hydrogen) atoms. The van der Waals surface area contributed by atoms with Gasteiger partial charge in [0.1, 0.15) is 5.82 Å². The summed E-state index contributed by atoms with van der Waals surface area (Å²) in [5.41, 5.74) is 11.1. The minimum Gasteiger partial charge on any atom is -0.455 e. The van der Waals surface area contributed by atoms with E-state index in [0.717, 1.165) is 44.9 Å². The average molecular weight is 645 g/mol. The van der Waals surface area contributed by atoms with Crippen molar-refractivity contribution >= 4 is 43.6 Å². The molecular formula is C43H28N6O. The van der Waals surface area contributed by atoms with Crippen molar-refractivity contribution in [2.45, 2.75) is 6.73 Å². The second-order valence-electron chi connectivity index (χ2n) is 12.8. The minimum atomic E-state index is 0.404. The Morgan fingerprint density at radius 3 is 1.80 bits per heavy atom. The minimum absolute atomic E-state index is 0.404. The molecular weight excluding hydrogens is 617 g/mol. The van der Waals surface area contributed by atoms with Crippen LogP contribution >= 0.6 is 0 Å². The summed E-state index contributed by atoms with van der Waals surface area (Å²) in [5.74, 6) is 1.58. The number of benzene rings is 6. The predicted octanol–water partition coefficient (Wildman–Crippen LogP) is 9.95. The highest BCUT2D eigenvalue weighted by molar-refractivity contribution is 6.13. The Morgan fingerprint density at radius 2 is 1.10 bits per heavy atom. The van der Waals surface area contributed by atoms with Gasteiger partial charge in [0.2, 0.25) is 5.88 Å². The van der Waals surface area contributed by atoms with Crippen molar-refractivity contribution in [2.24, 2.45) is 0 Å². The smallest absolute Gasteiger partial charge is 0.229 e. The normalized spacial score (nSPS) is 12.5. The fourth-order valence-electron chi connectivity index (χ4n) is 7.79. The highest BCUT2D eigenvalue weighted by atomic mass is 16.5. The molecule has 10 aromatic rings. The van der Waals surface area contributed by atoms with Crippen LogP contribution in [0.3, 0.4) is 0 Å². The number of para-hydroxylation sites is 3. The van der Waals surface area contributed by atoms with E-state index in [0.29, 0.717) is 12.6 Å². The van der Waals surface area contributed by atoms with Gasteiger partial charge in [-0.25, -0.2) is 9.67 Å². The second kappa shape index (κ2) is 10.3. The highest BCUT2D eigenvalue weighted by Gasteiger charge is 2.24. The zero-order valence-electron chi connectivity index (χ0n) is 26.8. The molecule has 11 rings (SSSR count). The van der Waals surface area contributed by atoms with Gasteiger partial charge in [-0.2, -0.15) is 5.10 Å². The van der Waals surface area contributed by atoms with Crippen LogP contribution in [0.25, 0.3) is 83.2 Å². The Bertz CT molecular complexity index is 2930. The van der Waals surface area contributed by atoms with Crippen LogP contribution in [0.4, 0.5) is 0 Å². The maximum Gasteiger partial charge on any atom is 0.229 e. The van der Waals surface area contributed by atoms with Crippen molar-refractivity contribution in [2.75, 3.05) is 0 Å². The Kier molecular flexibility index (Phi) is 5.60. The molecule has 0 spiro atoms. The van der Waals surface area contributed by atoms with Crippen molar-refractivity contribution < 1.29 is 4.74 Å². The van der Waals surface area contributed by atoms with Gasteiger partial charge in [-0.1, -0.05) is 66.7 Å². The number of imidazole rings is 1. The van der Waals surface area contributed by atoms with Gasteiger partial charge >= 0.3 is 0 Å². The van der Waals surface area contributed by atoms with E-state index in [1.807, 2.05) is 21.6 Å². The first-order chi connectivity index (χ1) is 24.8. The van der Waals surface area contributed by atoms with Crippen LogP contribution in [0.5, 0.6) is 5.88 Å². The lowest BCUT2D eigenvalue weighted by molar-refractivity contribution is 0.214. The molecule has 5 heterocycles. The van der Waals surface area contributed by atoms with Crippen molar-refractivity contribution in [1.82, 2.24) is 28.5 Å². The van der Waals surface area contributed by atoms with Crippen LogP contribution in [-0.2, 0) is 6.73 Å². The monoisotopic (exact) mass is 644 g/mol. The molecule has 0 unspecified atom stereocenters. The molecule has 0 radical (unpaired) electrons. The van der Waals surface area contributed by atoms with Crippen LogP contribution in [0.2, 0.25) is 0 Å². The lowest BCUT2D eigenvalue weighted by Gasteiger charge is -2.17. The molecule has 0 saturated heterocycles. The summed E-state index contributed by atoms with van der Waals surface area (Å²) in [6.45, 7) is 0.404. The molecule has 0 bridgehead atoms. The molecule has 6 aromatic carbocycles. The average Bonchev–Trinajstić information content (AvgIpc) is 3.97. The first-order valence-corrected chi connectivity index (χ1v) is 16.8. The lowest BCUT2D eigenvalue weighted by Crippen LogP contribution is -2.13. The molecule has 0 N–H and O–H groups in total. The third-order valence-corrected chi connectivity index (χ3v) is 10.0. The summed E-state index contributed by atoms with van der Waals surface area (Å²) in [6.07, 6.45) is 5.57. The van der Waals surface area contributed by atoms with Crippen LogP contribution in [0.1, 0.15) is 0 Å². The van der Waals surface area contributed by atoms with Gasteiger partial charge in [0, 0.05) is 45.3 Å². The number of ether oxygens (including phenoxy) is 1. The summed E-state index contributed by atoms with van der Waals surface area (Å²) < 4.78 is 14.8. The Balaban J connectivity index is 1.12. The van der Waals surface area contributed by atoms with Gasteiger partial charge in [0.25, 0.3) is 0 Å². The van der Waals surface area contributed by atoms with E-state index in [9.17, 15) is 0 Å². The zero-order chi connectivity index (χ0) is 32.8. The molecule has 7 heteroatoms. The maximum absolute atomic E-state index is 6.20. The molecule has 0 aliphatic carbocycles. The van der Waals surface area contributed by atoms with Gasteiger partial charge < -0.3 is 13.9 Å². The Hall–Kier alpha value is -6.86. The Labute approximate surface area is 286 Å². The third-order valence-electron chi connectivity index (χ3n) is 10.0. The summed E-state index contributed by atoms with van der Waals surface area (Å²) in [5, 5.41) is 9.57. The molecule has 0 fully saturated rings. The number of nitrogens with zero attached hydrogens (tertiary/aromatic N) is 6. The largest absolute Gasteiger partial charge is 0.455 e. The van der Waals surface area contributed by atoms with Crippen LogP contribution in [0.15, 0.2) is 158 Å². The van der Waals surface area contributed by atoms with Gasteiger partial charge in [-0.05, 0) is 83.9 Å². The van der Waals surface area contributed by atoms with Crippen molar-refractivity contribution in [3.63, 3.8) is 0 Å². The SMILES string of the molecule is c1ccc(-n2c3ccccc3c3cc(-c4ccc5c(c4)c4cc(-n6ncc7c6OCn6ccnc6-7)ccc4n5-c4ccccc4)ccc32)cc1. The summed E-state index contributed by atoms with van der Waals surface area (Å²) in [6, 6.07) is 50.1. The van der Waals surface area contributed by atoms with E-state index in [1.54, 1.807) is 6.20 Å². The zero-order valence-corrected chi connectivity index (χ0v) is 26.8. The molecule has 0 atom stereocenters. The van der Waals surface area contributed by atoms with Crippen LogP contribution < -0.4 is 4.74 Å². The molecule has 0 amide bonds. The molecule has 236 valence electrons. The second-order valence-corrected chi connectivity index (χ2v) is 12.8. The first-order valence-electron chi connectivity index (χ1n) is 16.8. The van der Waals surface area contributed by atoms with E-state index in [1.165, 1.54) is 38.3 Å². The summed E-state index contributed by atoms with van der Waals surface area (Å²) in [7, 11) is 0. The topological polar surface area (TPSA) is 54.7 Å². The number of rotatable bonds is 4. The van der Waals surface area contributed by atoms with E-state index in [2.05, 4.69) is 154 Å². The highest BCUT2D eigenvalue weighted by Crippen LogP contribution is 2.40. The Morgan fingerprint density at radius 1 is 0.520 bits per heavy atom. The fourth-order valence-corrected chi connectivity index (χ4v) is 7.79. The van der Waals surface area contributed by atoms with Crippen molar-refractivity contribution in [1.29, 1.82) is 0 Å². The quantitative estimate of drug-likeness (QED) is 0.192. The molecule has 1 aliphatic heterocycles. The summed E-state index contributed by atoms with van der Waals surface area (Å²) in [4.78, 5) is 4.55. The molecule has 4 aromatic heterocycles. The number of aromatic nitrogens is 6. The first kappa shape index (κ1) is 27.1.